The topological polar surface area (TPSA) is 50.8 Å². The zero-order chi connectivity index (χ0) is 19.9. The molecule has 0 aromatic heterocycles. The van der Waals surface area contributed by atoms with Crippen molar-refractivity contribution >= 4 is 5.91 Å². The predicted molar refractivity (Wildman–Crippen MR) is 113 cm³/mol. The van der Waals surface area contributed by atoms with Crippen LogP contribution in [-0.4, -0.2) is 49.3 Å². The van der Waals surface area contributed by atoms with E-state index in [1.54, 1.807) is 0 Å². The molecule has 2 aliphatic heterocycles. The number of rotatable bonds is 7. The number of carbonyl (C=O) groups excluding carboxylic acids is 1. The van der Waals surface area contributed by atoms with E-state index in [1.165, 1.54) is 5.56 Å². The second-order valence-corrected chi connectivity index (χ2v) is 7.95. The number of hydrogen-bond acceptors (Lipinski definition) is 4. The molecule has 2 aromatic carbocycles. The van der Waals surface area contributed by atoms with Gasteiger partial charge in [0.2, 0.25) is 0 Å². The van der Waals surface area contributed by atoms with Crippen molar-refractivity contribution in [3.8, 4) is 5.75 Å². The molecule has 0 radical (unpaired) electrons. The molecule has 0 unspecified atom stereocenters. The van der Waals surface area contributed by atoms with Gasteiger partial charge in [0.15, 0.2) is 0 Å². The van der Waals surface area contributed by atoms with Crippen molar-refractivity contribution in [2.45, 2.75) is 44.4 Å². The van der Waals surface area contributed by atoms with Crippen molar-refractivity contribution in [2.24, 2.45) is 0 Å². The van der Waals surface area contributed by atoms with E-state index in [1.807, 2.05) is 30.3 Å². The molecule has 1 N–H and O–H groups in total. The Balaban J connectivity index is 1.27. The average molecular weight is 395 g/mol. The summed E-state index contributed by atoms with van der Waals surface area (Å²) >= 11 is 0. The van der Waals surface area contributed by atoms with Crippen molar-refractivity contribution in [1.82, 2.24) is 10.2 Å². The summed E-state index contributed by atoms with van der Waals surface area (Å²) in [4.78, 5) is 15.3. The minimum Gasteiger partial charge on any atom is -0.490 e. The van der Waals surface area contributed by atoms with Crippen molar-refractivity contribution in [2.75, 3.05) is 26.3 Å². The van der Waals surface area contributed by atoms with Gasteiger partial charge < -0.3 is 14.8 Å². The third-order valence-electron chi connectivity index (χ3n) is 5.75. The standard InChI is InChI=1S/C24H30N2O3/c27-24(22-10-4-5-11-23(22)29-18-21-9-6-16-28-21)25-20-12-14-26(15-13-20)17-19-7-2-1-3-8-19/h1-5,7-8,10-11,20-21H,6,9,12-18H2,(H,25,27)/t21-/m0/s1. The van der Waals surface area contributed by atoms with Gasteiger partial charge in [-0.05, 0) is 43.4 Å². The molecule has 5 nitrogen and oxygen atoms in total. The predicted octanol–water partition coefficient (Wildman–Crippen LogP) is 3.64. The van der Waals surface area contributed by atoms with Crippen LogP contribution in [0.25, 0.3) is 0 Å². The molecule has 2 saturated heterocycles. The molecule has 2 fully saturated rings. The number of hydrogen-bond donors (Lipinski definition) is 1. The normalized spacial score (nSPS) is 20.5. The third kappa shape index (κ3) is 5.58. The van der Waals surface area contributed by atoms with E-state index in [0.717, 1.165) is 51.9 Å². The summed E-state index contributed by atoms with van der Waals surface area (Å²) in [6.45, 7) is 4.27. The van der Waals surface area contributed by atoms with Crippen molar-refractivity contribution in [1.29, 1.82) is 0 Å². The molecular weight excluding hydrogens is 364 g/mol. The first kappa shape index (κ1) is 19.9. The Morgan fingerprint density at radius 2 is 1.79 bits per heavy atom. The van der Waals surface area contributed by atoms with Crippen LogP contribution in [0.1, 0.15) is 41.6 Å². The second kappa shape index (κ2) is 9.90. The summed E-state index contributed by atoms with van der Waals surface area (Å²) in [5, 5.41) is 3.21. The Bertz CT molecular complexity index is 782. The Kier molecular flexibility index (Phi) is 6.80. The van der Waals surface area contributed by atoms with Crippen molar-refractivity contribution < 1.29 is 14.3 Å². The number of nitrogens with zero attached hydrogens (tertiary/aromatic N) is 1. The van der Waals surface area contributed by atoms with Crippen LogP contribution in [0.2, 0.25) is 0 Å². The molecule has 154 valence electrons. The van der Waals surface area contributed by atoms with Crippen LogP contribution in [0, 0.1) is 0 Å². The van der Waals surface area contributed by atoms with Crippen LogP contribution in [0.15, 0.2) is 54.6 Å². The number of benzene rings is 2. The summed E-state index contributed by atoms with van der Waals surface area (Å²) in [5.74, 6) is 0.594. The Labute approximate surface area is 173 Å². The van der Waals surface area contributed by atoms with Gasteiger partial charge >= 0.3 is 0 Å². The highest BCUT2D eigenvalue weighted by molar-refractivity contribution is 5.97. The van der Waals surface area contributed by atoms with Crippen molar-refractivity contribution in [3.05, 3.63) is 65.7 Å². The maximum absolute atomic E-state index is 12.9. The molecule has 2 aromatic rings. The number of amides is 1. The van der Waals surface area contributed by atoms with Gasteiger partial charge in [-0.2, -0.15) is 0 Å². The lowest BCUT2D eigenvalue weighted by Crippen LogP contribution is -2.44. The highest BCUT2D eigenvalue weighted by Gasteiger charge is 2.23. The second-order valence-electron chi connectivity index (χ2n) is 7.95. The van der Waals surface area contributed by atoms with Crippen molar-refractivity contribution in [3.63, 3.8) is 0 Å². The maximum Gasteiger partial charge on any atom is 0.255 e. The fourth-order valence-electron chi connectivity index (χ4n) is 4.08. The highest BCUT2D eigenvalue weighted by Crippen LogP contribution is 2.21. The van der Waals surface area contributed by atoms with Gasteiger partial charge in [-0.1, -0.05) is 42.5 Å². The number of nitrogens with one attached hydrogen (secondary N) is 1. The molecule has 5 heteroatoms. The molecule has 1 atom stereocenters. The number of likely N-dealkylation sites (tertiary alicyclic amines) is 1. The molecule has 0 aliphatic carbocycles. The minimum absolute atomic E-state index is 0.0468. The zero-order valence-electron chi connectivity index (χ0n) is 16.9. The lowest BCUT2D eigenvalue weighted by Gasteiger charge is -2.32. The van der Waals surface area contributed by atoms with Crippen LogP contribution in [0.3, 0.4) is 0 Å². The van der Waals surface area contributed by atoms with E-state index in [-0.39, 0.29) is 18.1 Å². The zero-order valence-corrected chi connectivity index (χ0v) is 16.9. The molecule has 4 rings (SSSR count). The third-order valence-corrected chi connectivity index (χ3v) is 5.75. The first-order chi connectivity index (χ1) is 14.3. The molecule has 2 aliphatic rings. The number of piperidine rings is 1. The minimum atomic E-state index is -0.0468. The lowest BCUT2D eigenvalue weighted by atomic mass is 10.0. The maximum atomic E-state index is 12.9. The monoisotopic (exact) mass is 394 g/mol. The molecular formula is C24H30N2O3. The van der Waals surface area contributed by atoms with Gasteiger partial charge in [0.05, 0.1) is 11.7 Å². The fraction of sp³-hybridized carbons (Fsp3) is 0.458. The van der Waals surface area contributed by atoms with Gasteiger partial charge in [0.25, 0.3) is 5.91 Å². The highest BCUT2D eigenvalue weighted by atomic mass is 16.5. The first-order valence-electron chi connectivity index (χ1n) is 10.7. The smallest absolute Gasteiger partial charge is 0.255 e. The van der Waals surface area contributed by atoms with E-state index in [0.29, 0.717) is 17.9 Å². The lowest BCUT2D eigenvalue weighted by molar-refractivity contribution is 0.0669. The molecule has 2 heterocycles. The molecule has 1 amide bonds. The summed E-state index contributed by atoms with van der Waals surface area (Å²) in [6, 6.07) is 18.3. The van der Waals surface area contributed by atoms with E-state index in [4.69, 9.17) is 9.47 Å². The van der Waals surface area contributed by atoms with E-state index in [9.17, 15) is 4.79 Å². The van der Waals surface area contributed by atoms with Gasteiger partial charge in [-0.3, -0.25) is 9.69 Å². The van der Waals surface area contributed by atoms with Gasteiger partial charge in [0.1, 0.15) is 12.4 Å². The molecule has 0 spiro atoms. The van der Waals surface area contributed by atoms with E-state index < -0.39 is 0 Å². The SMILES string of the molecule is O=C(NC1CCN(Cc2ccccc2)CC1)c1ccccc1OC[C@@H]1CCCO1. The van der Waals surface area contributed by atoms with Crippen LogP contribution in [0.5, 0.6) is 5.75 Å². The summed E-state index contributed by atoms with van der Waals surface area (Å²) in [5.41, 5.74) is 1.95. The summed E-state index contributed by atoms with van der Waals surface area (Å²) < 4.78 is 11.5. The largest absolute Gasteiger partial charge is 0.490 e. The summed E-state index contributed by atoms with van der Waals surface area (Å²) in [6.07, 6.45) is 4.18. The van der Waals surface area contributed by atoms with E-state index in [2.05, 4.69) is 34.5 Å². The summed E-state index contributed by atoms with van der Waals surface area (Å²) in [7, 11) is 0. The van der Waals surface area contributed by atoms with Gasteiger partial charge in [0, 0.05) is 32.3 Å². The van der Waals surface area contributed by atoms with Crippen LogP contribution in [-0.2, 0) is 11.3 Å². The van der Waals surface area contributed by atoms with Crippen LogP contribution < -0.4 is 10.1 Å². The quantitative estimate of drug-likeness (QED) is 0.779. The Hall–Kier alpha value is -2.37. The number of para-hydroxylation sites is 1. The average Bonchev–Trinajstić information content (AvgIpc) is 3.28. The van der Waals surface area contributed by atoms with Gasteiger partial charge in [-0.25, -0.2) is 0 Å². The first-order valence-corrected chi connectivity index (χ1v) is 10.7. The Morgan fingerprint density at radius 1 is 1.03 bits per heavy atom. The van der Waals surface area contributed by atoms with Crippen LogP contribution >= 0.6 is 0 Å². The molecule has 0 saturated carbocycles. The van der Waals surface area contributed by atoms with Crippen LogP contribution in [0.4, 0.5) is 0 Å². The number of ether oxygens (including phenoxy) is 2. The van der Waals surface area contributed by atoms with E-state index >= 15 is 0 Å². The Morgan fingerprint density at radius 3 is 2.55 bits per heavy atom. The fourth-order valence-corrected chi connectivity index (χ4v) is 4.08. The molecule has 0 bridgehead atoms. The number of carbonyl (C=O) groups is 1. The molecule has 29 heavy (non-hydrogen) atoms. The van der Waals surface area contributed by atoms with Gasteiger partial charge in [-0.15, -0.1) is 0 Å².